The molecule has 3 N–H and O–H groups in total. The molecule has 1 amide bonds. The molecule has 126 valence electrons. The van der Waals surface area contributed by atoms with Crippen LogP contribution in [0.2, 0.25) is 0 Å². The molecule has 24 heavy (non-hydrogen) atoms. The number of carbonyl (C=O) groups excluding carboxylic acids is 1. The number of primary amides is 1. The lowest BCUT2D eigenvalue weighted by molar-refractivity contribution is -0.123. The van der Waals surface area contributed by atoms with Gasteiger partial charge in [0, 0.05) is 6.20 Å². The van der Waals surface area contributed by atoms with Gasteiger partial charge in [0.25, 0.3) is 6.43 Å². The summed E-state index contributed by atoms with van der Waals surface area (Å²) in [6.45, 7) is -0.533. The van der Waals surface area contributed by atoms with Crippen LogP contribution in [0.4, 0.5) is 8.78 Å². The molecule has 0 aliphatic carbocycles. The Hall–Kier alpha value is -2.62. The zero-order valence-corrected chi connectivity index (χ0v) is 12.6. The number of hydrogen-bond donors (Lipinski definition) is 2. The first-order valence-corrected chi connectivity index (χ1v) is 7.56. The summed E-state index contributed by atoms with van der Waals surface area (Å²) in [5, 5.41) is 8.26. The third kappa shape index (κ3) is 2.21. The van der Waals surface area contributed by atoms with Crippen LogP contribution in [0, 0.1) is 0 Å². The van der Waals surface area contributed by atoms with Gasteiger partial charge in [-0.3, -0.25) is 14.1 Å². The van der Waals surface area contributed by atoms with E-state index in [0.29, 0.717) is 30.0 Å². The molecule has 2 atom stereocenters. The molecule has 0 saturated carbocycles. The van der Waals surface area contributed by atoms with Gasteiger partial charge < -0.3 is 10.7 Å². The predicted molar refractivity (Wildman–Crippen MR) is 80.3 cm³/mol. The van der Waals surface area contributed by atoms with Crippen LogP contribution in [0.5, 0.6) is 0 Å². The van der Waals surface area contributed by atoms with Crippen LogP contribution in [0.3, 0.4) is 0 Å². The molecule has 0 spiro atoms. The van der Waals surface area contributed by atoms with E-state index < -0.39 is 31.0 Å². The first kappa shape index (κ1) is 14.9. The number of halogens is 2. The molecule has 0 aromatic carbocycles. The number of hydrogen-bond acceptors (Lipinski definition) is 5. The number of carbonyl (C=O) groups is 1. The van der Waals surface area contributed by atoms with Gasteiger partial charge in [-0.1, -0.05) is 0 Å². The van der Waals surface area contributed by atoms with E-state index in [0.717, 1.165) is 5.52 Å². The normalized spacial score (nSPS) is 22.1. The number of nitrogens with one attached hydrogen (secondary N) is 1. The van der Waals surface area contributed by atoms with Crippen molar-refractivity contribution in [3.05, 3.63) is 24.3 Å². The van der Waals surface area contributed by atoms with Gasteiger partial charge in [0.2, 0.25) is 5.91 Å². The van der Waals surface area contributed by atoms with Gasteiger partial charge in [-0.2, -0.15) is 0 Å². The minimum Gasteiger partial charge on any atom is -0.368 e. The van der Waals surface area contributed by atoms with Crippen LogP contribution in [-0.2, 0) is 4.79 Å². The van der Waals surface area contributed by atoms with E-state index in [1.807, 2.05) is 6.07 Å². The third-order valence-electron chi connectivity index (χ3n) is 4.46. The quantitative estimate of drug-likeness (QED) is 0.736. The van der Waals surface area contributed by atoms with Crippen molar-refractivity contribution in [1.82, 2.24) is 29.5 Å². The van der Waals surface area contributed by atoms with Gasteiger partial charge in [-0.05, 0) is 18.9 Å². The molecule has 3 aromatic rings. The van der Waals surface area contributed by atoms with E-state index in [1.54, 1.807) is 16.8 Å². The summed E-state index contributed by atoms with van der Waals surface area (Å²) in [5.41, 5.74) is 7.31. The molecule has 0 radical (unpaired) electrons. The van der Waals surface area contributed by atoms with Crippen molar-refractivity contribution in [1.29, 1.82) is 0 Å². The molecule has 1 fully saturated rings. The van der Waals surface area contributed by atoms with E-state index in [2.05, 4.69) is 20.2 Å². The number of H-pyrrole nitrogens is 1. The maximum absolute atomic E-state index is 13.0. The fourth-order valence-corrected chi connectivity index (χ4v) is 3.48. The van der Waals surface area contributed by atoms with Crippen LogP contribution in [0.1, 0.15) is 24.7 Å². The van der Waals surface area contributed by atoms with Crippen molar-refractivity contribution in [2.45, 2.75) is 31.4 Å². The van der Waals surface area contributed by atoms with Crippen LogP contribution in [0.15, 0.2) is 18.5 Å². The second-order valence-electron chi connectivity index (χ2n) is 5.82. The van der Waals surface area contributed by atoms with Crippen molar-refractivity contribution in [2.75, 3.05) is 6.54 Å². The van der Waals surface area contributed by atoms with Crippen molar-refractivity contribution < 1.29 is 13.6 Å². The zero-order chi connectivity index (χ0) is 16.8. The fraction of sp³-hybridized carbons (Fsp3) is 0.429. The number of nitrogens with two attached hydrogens (primary N) is 1. The molecular weight excluding hydrogens is 320 g/mol. The van der Waals surface area contributed by atoms with Crippen molar-refractivity contribution in [3.63, 3.8) is 0 Å². The summed E-state index contributed by atoms with van der Waals surface area (Å²) < 4.78 is 27.8. The summed E-state index contributed by atoms with van der Waals surface area (Å²) in [7, 11) is 0. The summed E-state index contributed by atoms with van der Waals surface area (Å²) in [6.07, 6.45) is 1.66. The second kappa shape index (κ2) is 5.48. The Morgan fingerprint density at radius 3 is 3.00 bits per heavy atom. The van der Waals surface area contributed by atoms with Gasteiger partial charge >= 0.3 is 0 Å². The fourth-order valence-electron chi connectivity index (χ4n) is 3.48. The van der Waals surface area contributed by atoms with Gasteiger partial charge in [0.1, 0.15) is 0 Å². The van der Waals surface area contributed by atoms with Crippen molar-refractivity contribution in [2.24, 2.45) is 5.73 Å². The Kier molecular flexibility index (Phi) is 3.41. The van der Waals surface area contributed by atoms with Crippen molar-refractivity contribution >= 4 is 22.7 Å². The summed E-state index contributed by atoms with van der Waals surface area (Å²) in [5.74, 6) is -0.0816. The van der Waals surface area contributed by atoms with E-state index >= 15 is 0 Å². The Morgan fingerprint density at radius 2 is 2.25 bits per heavy atom. The maximum atomic E-state index is 13.0. The number of nitrogens with zero attached hydrogens (tertiary/aromatic N) is 5. The highest BCUT2D eigenvalue weighted by atomic mass is 19.3. The minimum absolute atomic E-state index is 0.420. The molecule has 3 aromatic heterocycles. The van der Waals surface area contributed by atoms with Crippen LogP contribution in [-0.4, -0.2) is 54.4 Å². The highest BCUT2D eigenvalue weighted by Crippen LogP contribution is 2.36. The SMILES string of the molecule is NC(=O)C1CC[C@H](c2nnc3cnc4[nH]ccc4n23)N1CC(F)F. The lowest BCUT2D eigenvalue weighted by Gasteiger charge is -2.27. The number of alkyl halides is 2. The smallest absolute Gasteiger partial charge is 0.251 e. The molecule has 1 aliphatic rings. The first-order chi connectivity index (χ1) is 11.6. The highest BCUT2D eigenvalue weighted by Gasteiger charge is 2.41. The lowest BCUT2D eigenvalue weighted by atomic mass is 10.2. The molecule has 1 aliphatic heterocycles. The van der Waals surface area contributed by atoms with Gasteiger partial charge in [-0.15, -0.1) is 10.2 Å². The number of likely N-dealkylation sites (tertiary alicyclic amines) is 1. The maximum Gasteiger partial charge on any atom is 0.251 e. The largest absolute Gasteiger partial charge is 0.368 e. The van der Waals surface area contributed by atoms with E-state index in [-0.39, 0.29) is 0 Å². The standard InChI is InChI=1S/C14H15F2N7O/c15-10(16)6-22-7(12(17)24)1-2-9(22)14-21-20-11-5-19-13-8(23(11)14)3-4-18-13/h3-5,7,9-10,18H,1-2,6H2,(H2,17,24)/t7?,9-/m1/s1. The zero-order valence-electron chi connectivity index (χ0n) is 12.6. The Bertz CT molecular complexity index is 905. The molecule has 4 rings (SSSR count). The van der Waals surface area contributed by atoms with E-state index in [4.69, 9.17) is 5.73 Å². The van der Waals surface area contributed by atoms with Gasteiger partial charge in [0.05, 0.1) is 30.3 Å². The summed E-state index contributed by atoms with van der Waals surface area (Å²) in [6, 6.07) is 0.645. The van der Waals surface area contributed by atoms with Crippen molar-refractivity contribution in [3.8, 4) is 0 Å². The molecule has 1 unspecified atom stereocenters. The monoisotopic (exact) mass is 335 g/mol. The molecule has 4 heterocycles. The van der Waals surface area contributed by atoms with Crippen LogP contribution >= 0.6 is 0 Å². The Morgan fingerprint density at radius 1 is 1.42 bits per heavy atom. The minimum atomic E-state index is -2.57. The van der Waals surface area contributed by atoms with Gasteiger partial charge in [-0.25, -0.2) is 13.8 Å². The Labute approximate surface area is 134 Å². The average molecular weight is 335 g/mol. The second-order valence-corrected chi connectivity index (χ2v) is 5.82. The summed E-state index contributed by atoms with van der Waals surface area (Å²) in [4.78, 5) is 20.3. The number of fused-ring (bicyclic) bond motifs is 3. The molecule has 10 heteroatoms. The number of aromatic amines is 1. The topological polar surface area (TPSA) is 105 Å². The third-order valence-corrected chi connectivity index (χ3v) is 4.46. The molecule has 1 saturated heterocycles. The van der Waals surface area contributed by atoms with E-state index in [1.165, 1.54) is 4.90 Å². The highest BCUT2D eigenvalue weighted by molar-refractivity contribution is 5.80. The van der Waals surface area contributed by atoms with E-state index in [9.17, 15) is 13.6 Å². The Balaban J connectivity index is 1.83. The average Bonchev–Trinajstić information content (AvgIpc) is 3.22. The van der Waals surface area contributed by atoms with Crippen LogP contribution in [0.25, 0.3) is 16.8 Å². The summed E-state index contributed by atoms with van der Waals surface area (Å²) >= 11 is 0. The molecule has 0 bridgehead atoms. The predicted octanol–water partition coefficient (Wildman–Crippen LogP) is 0.861. The van der Waals surface area contributed by atoms with Crippen LogP contribution < -0.4 is 5.73 Å². The molecular formula is C14H15F2N7O. The number of amides is 1. The first-order valence-electron chi connectivity index (χ1n) is 7.56. The lowest BCUT2D eigenvalue weighted by Crippen LogP contribution is -2.43. The number of rotatable bonds is 4. The van der Waals surface area contributed by atoms with Gasteiger partial charge in [0.15, 0.2) is 17.1 Å². The number of aromatic nitrogens is 5. The molecule has 8 nitrogen and oxygen atoms in total.